The van der Waals surface area contributed by atoms with Gasteiger partial charge in [0.1, 0.15) is 5.75 Å². The third-order valence-electron chi connectivity index (χ3n) is 3.44. The van der Waals surface area contributed by atoms with Crippen molar-refractivity contribution < 1.29 is 9.84 Å². The van der Waals surface area contributed by atoms with Crippen LogP contribution < -0.4 is 4.74 Å². The first-order valence-electron chi connectivity index (χ1n) is 7.22. The Balaban J connectivity index is 2.12. The van der Waals surface area contributed by atoms with Gasteiger partial charge in [-0.2, -0.15) is 0 Å². The molecule has 2 nitrogen and oxygen atoms in total. The highest BCUT2D eigenvalue weighted by Gasteiger charge is 2.13. The predicted molar refractivity (Wildman–Crippen MR) is 82.1 cm³/mol. The summed E-state index contributed by atoms with van der Waals surface area (Å²) in [5.74, 6) is 0.771. The van der Waals surface area contributed by atoms with Crippen LogP contribution in [0.2, 0.25) is 0 Å². The highest BCUT2D eigenvalue weighted by atomic mass is 16.5. The summed E-state index contributed by atoms with van der Waals surface area (Å²) in [5.41, 5.74) is 3.31. The Labute approximate surface area is 121 Å². The van der Waals surface area contributed by atoms with Crippen molar-refractivity contribution in [2.75, 3.05) is 6.61 Å². The van der Waals surface area contributed by atoms with E-state index >= 15 is 0 Å². The third-order valence-corrected chi connectivity index (χ3v) is 3.44. The fourth-order valence-corrected chi connectivity index (χ4v) is 2.29. The Kier molecular flexibility index (Phi) is 5.19. The smallest absolute Gasteiger partial charge is 0.125 e. The monoisotopic (exact) mass is 270 g/mol. The number of hydrogen-bond acceptors (Lipinski definition) is 2. The number of hydrogen-bond donors (Lipinski definition) is 1. The van der Waals surface area contributed by atoms with E-state index in [9.17, 15) is 5.11 Å². The Bertz CT molecular complexity index is 531. The lowest BCUT2D eigenvalue weighted by Gasteiger charge is -2.15. The van der Waals surface area contributed by atoms with Crippen LogP contribution >= 0.6 is 0 Å². The maximum atomic E-state index is 10.4. The van der Waals surface area contributed by atoms with Crippen molar-refractivity contribution in [2.24, 2.45) is 0 Å². The van der Waals surface area contributed by atoms with E-state index in [-0.39, 0.29) is 0 Å². The standard InChI is InChI=1S/C18H22O2/c1-3-14-9-11-15(12-10-14)13-17(19)16-7-5-6-8-18(16)20-4-2/h5-12,17,19H,3-4,13H2,1-2H3. The molecule has 1 unspecified atom stereocenters. The average molecular weight is 270 g/mol. The molecule has 0 bridgehead atoms. The number of benzene rings is 2. The Hall–Kier alpha value is -1.80. The van der Waals surface area contributed by atoms with Crippen LogP contribution in [0, 0.1) is 0 Å². The van der Waals surface area contributed by atoms with Crippen LogP contribution in [0.5, 0.6) is 5.75 Å². The summed E-state index contributed by atoms with van der Waals surface area (Å²) in [7, 11) is 0. The zero-order valence-corrected chi connectivity index (χ0v) is 12.2. The molecular formula is C18H22O2. The quantitative estimate of drug-likeness (QED) is 0.862. The van der Waals surface area contributed by atoms with Gasteiger partial charge in [-0.15, -0.1) is 0 Å². The van der Waals surface area contributed by atoms with Crippen molar-refractivity contribution in [3.8, 4) is 5.75 Å². The van der Waals surface area contributed by atoms with Crippen molar-refractivity contribution in [3.63, 3.8) is 0 Å². The van der Waals surface area contributed by atoms with E-state index in [4.69, 9.17) is 4.74 Å². The summed E-state index contributed by atoms with van der Waals surface area (Å²) in [6, 6.07) is 16.1. The number of aliphatic hydroxyl groups excluding tert-OH is 1. The molecule has 1 atom stereocenters. The zero-order chi connectivity index (χ0) is 14.4. The minimum absolute atomic E-state index is 0.537. The van der Waals surface area contributed by atoms with Gasteiger partial charge in [0.25, 0.3) is 0 Å². The molecule has 0 heterocycles. The topological polar surface area (TPSA) is 29.5 Å². The van der Waals surface area contributed by atoms with Crippen LogP contribution in [-0.4, -0.2) is 11.7 Å². The van der Waals surface area contributed by atoms with E-state index < -0.39 is 6.10 Å². The normalized spacial score (nSPS) is 12.2. The Morgan fingerprint density at radius 1 is 0.950 bits per heavy atom. The van der Waals surface area contributed by atoms with Gasteiger partial charge in [0.2, 0.25) is 0 Å². The molecule has 2 aromatic rings. The van der Waals surface area contributed by atoms with E-state index in [0.29, 0.717) is 13.0 Å². The van der Waals surface area contributed by atoms with E-state index in [1.165, 1.54) is 5.56 Å². The summed E-state index contributed by atoms with van der Waals surface area (Å²) in [6.45, 7) is 4.70. The van der Waals surface area contributed by atoms with Gasteiger partial charge in [0.05, 0.1) is 12.7 Å². The predicted octanol–water partition coefficient (Wildman–Crippen LogP) is 3.92. The highest BCUT2D eigenvalue weighted by molar-refractivity contribution is 5.36. The van der Waals surface area contributed by atoms with Crippen LogP contribution in [0.15, 0.2) is 48.5 Å². The number of aryl methyl sites for hydroxylation is 1. The van der Waals surface area contributed by atoms with Crippen LogP contribution in [0.3, 0.4) is 0 Å². The minimum atomic E-state index is -0.537. The third kappa shape index (κ3) is 3.61. The molecule has 106 valence electrons. The molecule has 0 aromatic heterocycles. The molecule has 0 saturated carbocycles. The molecule has 0 aliphatic rings. The molecule has 0 saturated heterocycles. The number of ether oxygens (including phenoxy) is 1. The molecule has 1 N–H and O–H groups in total. The number of aliphatic hydroxyl groups is 1. The van der Waals surface area contributed by atoms with Crippen LogP contribution in [0.25, 0.3) is 0 Å². The largest absolute Gasteiger partial charge is 0.493 e. The molecule has 0 aliphatic heterocycles. The lowest BCUT2D eigenvalue weighted by Crippen LogP contribution is -2.05. The van der Waals surface area contributed by atoms with Crippen molar-refractivity contribution in [2.45, 2.75) is 32.8 Å². The van der Waals surface area contributed by atoms with Gasteiger partial charge in [0, 0.05) is 12.0 Å². The van der Waals surface area contributed by atoms with E-state index in [2.05, 4.69) is 31.2 Å². The first-order chi connectivity index (χ1) is 9.74. The summed E-state index contributed by atoms with van der Waals surface area (Å²) in [4.78, 5) is 0. The average Bonchev–Trinajstić information content (AvgIpc) is 2.49. The number of para-hydroxylation sites is 1. The van der Waals surface area contributed by atoms with Gasteiger partial charge in [-0.25, -0.2) is 0 Å². The minimum Gasteiger partial charge on any atom is -0.493 e. The molecule has 0 aliphatic carbocycles. The zero-order valence-electron chi connectivity index (χ0n) is 12.2. The molecule has 20 heavy (non-hydrogen) atoms. The van der Waals surface area contributed by atoms with Crippen molar-refractivity contribution in [1.29, 1.82) is 0 Å². The fraction of sp³-hybridized carbons (Fsp3) is 0.333. The lowest BCUT2D eigenvalue weighted by atomic mass is 9.99. The van der Waals surface area contributed by atoms with Gasteiger partial charge in [0.15, 0.2) is 0 Å². The molecule has 2 aromatic carbocycles. The molecule has 2 heteroatoms. The Morgan fingerprint density at radius 3 is 2.25 bits per heavy atom. The number of rotatable bonds is 6. The molecule has 2 rings (SSSR count). The van der Waals surface area contributed by atoms with Gasteiger partial charge in [-0.3, -0.25) is 0 Å². The molecule has 0 spiro atoms. The van der Waals surface area contributed by atoms with Gasteiger partial charge >= 0.3 is 0 Å². The SMILES string of the molecule is CCOc1ccccc1C(O)Cc1ccc(CC)cc1. The fourth-order valence-electron chi connectivity index (χ4n) is 2.29. The lowest BCUT2D eigenvalue weighted by molar-refractivity contribution is 0.172. The van der Waals surface area contributed by atoms with E-state index in [0.717, 1.165) is 23.3 Å². The summed E-state index contributed by atoms with van der Waals surface area (Å²) < 4.78 is 5.57. The molecule has 0 fully saturated rings. The van der Waals surface area contributed by atoms with Gasteiger partial charge < -0.3 is 9.84 Å². The molecule has 0 amide bonds. The van der Waals surface area contributed by atoms with Crippen molar-refractivity contribution >= 4 is 0 Å². The maximum absolute atomic E-state index is 10.4. The summed E-state index contributed by atoms with van der Waals surface area (Å²) in [6.07, 6.45) is 1.11. The van der Waals surface area contributed by atoms with Crippen molar-refractivity contribution in [1.82, 2.24) is 0 Å². The van der Waals surface area contributed by atoms with Crippen LogP contribution in [-0.2, 0) is 12.8 Å². The van der Waals surface area contributed by atoms with E-state index in [1.807, 2.05) is 31.2 Å². The van der Waals surface area contributed by atoms with Crippen molar-refractivity contribution in [3.05, 3.63) is 65.2 Å². The summed E-state index contributed by atoms with van der Waals surface area (Å²) in [5, 5.41) is 10.4. The molecular weight excluding hydrogens is 248 g/mol. The molecule has 0 radical (unpaired) electrons. The summed E-state index contributed by atoms with van der Waals surface area (Å²) >= 11 is 0. The second-order valence-corrected chi connectivity index (χ2v) is 4.86. The Morgan fingerprint density at radius 2 is 1.60 bits per heavy atom. The second kappa shape index (κ2) is 7.11. The van der Waals surface area contributed by atoms with E-state index in [1.54, 1.807) is 0 Å². The van der Waals surface area contributed by atoms with Gasteiger partial charge in [-0.05, 0) is 30.5 Å². The second-order valence-electron chi connectivity index (χ2n) is 4.86. The first kappa shape index (κ1) is 14.6. The maximum Gasteiger partial charge on any atom is 0.125 e. The highest BCUT2D eigenvalue weighted by Crippen LogP contribution is 2.27. The van der Waals surface area contributed by atoms with Crippen LogP contribution in [0.1, 0.15) is 36.6 Å². The van der Waals surface area contributed by atoms with Crippen LogP contribution in [0.4, 0.5) is 0 Å². The van der Waals surface area contributed by atoms with Gasteiger partial charge in [-0.1, -0.05) is 49.4 Å². The first-order valence-corrected chi connectivity index (χ1v) is 7.22.